The van der Waals surface area contributed by atoms with Gasteiger partial charge in [0.05, 0.1) is 0 Å². The predicted molar refractivity (Wildman–Crippen MR) is 122 cm³/mol. The predicted octanol–water partition coefficient (Wildman–Crippen LogP) is 5.70. The molecule has 5 heteroatoms. The van der Waals surface area contributed by atoms with Crippen LogP contribution < -0.4 is 5.32 Å². The minimum atomic E-state index is -0.101. The van der Waals surface area contributed by atoms with Gasteiger partial charge in [0.15, 0.2) is 0 Å². The van der Waals surface area contributed by atoms with Crippen LogP contribution in [0.15, 0.2) is 12.2 Å². The number of unbranched alkanes of at least 4 members (excludes halogenated alkanes) is 11. The molecule has 1 amide bonds. The van der Waals surface area contributed by atoms with Crippen molar-refractivity contribution in [3.8, 4) is 0 Å². The van der Waals surface area contributed by atoms with Crippen LogP contribution in [0.25, 0.3) is 0 Å². The van der Waals surface area contributed by atoms with E-state index in [9.17, 15) is 4.79 Å². The number of rotatable bonds is 20. The molecule has 3 N–H and O–H groups in total. The van der Waals surface area contributed by atoms with Crippen molar-refractivity contribution in [3.63, 3.8) is 0 Å². The van der Waals surface area contributed by atoms with Gasteiger partial charge in [0, 0.05) is 25.7 Å². The normalized spacial score (nSPS) is 11.1. The topological polar surface area (TPSA) is 69.6 Å². The lowest BCUT2D eigenvalue weighted by Gasteiger charge is -2.16. The summed E-state index contributed by atoms with van der Waals surface area (Å²) in [5.41, 5.74) is 0. The number of carbonyl (C=O) groups excluding carboxylic acids is 1. The van der Waals surface area contributed by atoms with Gasteiger partial charge in [0.25, 0.3) is 0 Å². The first-order valence-electron chi connectivity index (χ1n) is 11.4. The standard InChI is InChI=1S/C23H45NO3.ClH/c1-2-3-4-5-6-7-8-9-10-11-12-13-14-15-16-17-23(27)24-22(18-20-25)19-21-26;/h9-10,22,25-26H,2-8,11-21H2,1H3,(H,24,27);1H/b10-9-;. The number of nitrogens with one attached hydrogen (secondary N) is 1. The monoisotopic (exact) mass is 419 g/mol. The molecule has 0 aliphatic rings. The van der Waals surface area contributed by atoms with E-state index in [0.717, 1.165) is 12.8 Å². The molecule has 0 rings (SSSR count). The van der Waals surface area contributed by atoms with Crippen molar-refractivity contribution in [2.24, 2.45) is 0 Å². The molecule has 0 unspecified atom stereocenters. The molecular formula is C23H46ClNO3. The van der Waals surface area contributed by atoms with E-state index in [2.05, 4.69) is 24.4 Å². The molecule has 0 radical (unpaired) electrons. The zero-order chi connectivity index (χ0) is 20.0. The summed E-state index contributed by atoms with van der Waals surface area (Å²) in [6.45, 7) is 2.34. The Balaban J connectivity index is 0. The van der Waals surface area contributed by atoms with Crippen molar-refractivity contribution < 1.29 is 15.0 Å². The number of hydrogen-bond donors (Lipinski definition) is 3. The second-order valence-electron chi connectivity index (χ2n) is 7.62. The highest BCUT2D eigenvalue weighted by Crippen LogP contribution is 2.10. The summed E-state index contributed by atoms with van der Waals surface area (Å²) in [5, 5.41) is 20.8. The molecule has 0 atom stereocenters. The Bertz CT molecular complexity index is 345. The highest BCUT2D eigenvalue weighted by molar-refractivity contribution is 5.85. The van der Waals surface area contributed by atoms with E-state index in [1.165, 1.54) is 70.6 Å². The van der Waals surface area contributed by atoms with Gasteiger partial charge in [0.2, 0.25) is 5.91 Å². The van der Waals surface area contributed by atoms with Crippen LogP contribution in [0, 0.1) is 0 Å². The van der Waals surface area contributed by atoms with Crippen molar-refractivity contribution in [3.05, 3.63) is 12.2 Å². The van der Waals surface area contributed by atoms with Crippen molar-refractivity contribution in [1.29, 1.82) is 0 Å². The first kappa shape index (κ1) is 29.6. The van der Waals surface area contributed by atoms with Crippen LogP contribution in [0.2, 0.25) is 0 Å². The van der Waals surface area contributed by atoms with Crippen LogP contribution in [0.3, 0.4) is 0 Å². The summed E-state index contributed by atoms with van der Waals surface area (Å²) in [7, 11) is 0. The quantitative estimate of drug-likeness (QED) is 0.175. The molecule has 0 aromatic heterocycles. The van der Waals surface area contributed by atoms with Crippen molar-refractivity contribution in [2.75, 3.05) is 13.2 Å². The van der Waals surface area contributed by atoms with Gasteiger partial charge in [-0.1, -0.05) is 70.4 Å². The summed E-state index contributed by atoms with van der Waals surface area (Å²) in [6.07, 6.45) is 22.6. The molecule has 28 heavy (non-hydrogen) atoms. The average molecular weight is 420 g/mol. The Labute approximate surface area is 180 Å². The molecule has 0 saturated heterocycles. The number of hydrogen-bond acceptors (Lipinski definition) is 3. The zero-order valence-corrected chi connectivity index (χ0v) is 19.0. The second-order valence-corrected chi connectivity index (χ2v) is 7.62. The van der Waals surface area contributed by atoms with Crippen LogP contribution in [-0.4, -0.2) is 35.4 Å². The van der Waals surface area contributed by atoms with E-state index < -0.39 is 0 Å². The number of aliphatic hydroxyl groups is 2. The number of amides is 1. The average Bonchev–Trinajstić information content (AvgIpc) is 2.65. The van der Waals surface area contributed by atoms with Crippen LogP contribution in [0.4, 0.5) is 0 Å². The maximum atomic E-state index is 11.9. The van der Waals surface area contributed by atoms with E-state index in [1.54, 1.807) is 0 Å². The first-order valence-corrected chi connectivity index (χ1v) is 11.4. The van der Waals surface area contributed by atoms with Crippen LogP contribution >= 0.6 is 12.4 Å². The Morgan fingerprint density at radius 2 is 1.25 bits per heavy atom. The maximum Gasteiger partial charge on any atom is 0.220 e. The van der Waals surface area contributed by atoms with Crippen LogP contribution in [-0.2, 0) is 4.79 Å². The van der Waals surface area contributed by atoms with Crippen molar-refractivity contribution in [1.82, 2.24) is 5.32 Å². The summed E-state index contributed by atoms with van der Waals surface area (Å²) >= 11 is 0. The van der Waals surface area contributed by atoms with Gasteiger partial charge in [-0.15, -0.1) is 12.4 Å². The smallest absolute Gasteiger partial charge is 0.220 e. The van der Waals surface area contributed by atoms with Gasteiger partial charge in [-0.05, 0) is 44.9 Å². The molecule has 0 aliphatic carbocycles. The van der Waals surface area contributed by atoms with E-state index in [0.29, 0.717) is 19.3 Å². The first-order chi connectivity index (χ1) is 13.2. The molecule has 0 bridgehead atoms. The summed E-state index contributed by atoms with van der Waals surface area (Å²) in [5.74, 6) is 0.0412. The Morgan fingerprint density at radius 1 is 0.786 bits per heavy atom. The fraction of sp³-hybridized carbons (Fsp3) is 0.870. The van der Waals surface area contributed by atoms with Crippen molar-refractivity contribution in [2.45, 2.75) is 116 Å². The summed E-state index contributed by atoms with van der Waals surface area (Å²) in [6, 6.07) is -0.101. The highest BCUT2D eigenvalue weighted by atomic mass is 35.5. The molecule has 0 fully saturated rings. The third-order valence-electron chi connectivity index (χ3n) is 4.99. The van der Waals surface area contributed by atoms with Crippen LogP contribution in [0.5, 0.6) is 0 Å². The van der Waals surface area contributed by atoms with Gasteiger partial charge in [-0.25, -0.2) is 0 Å². The van der Waals surface area contributed by atoms with Crippen molar-refractivity contribution >= 4 is 18.3 Å². The van der Waals surface area contributed by atoms with Gasteiger partial charge in [-0.3, -0.25) is 4.79 Å². The fourth-order valence-electron chi connectivity index (χ4n) is 3.26. The minimum Gasteiger partial charge on any atom is -0.396 e. The van der Waals surface area contributed by atoms with E-state index in [4.69, 9.17) is 10.2 Å². The van der Waals surface area contributed by atoms with Gasteiger partial charge >= 0.3 is 0 Å². The molecule has 0 spiro atoms. The number of halogens is 1. The lowest BCUT2D eigenvalue weighted by atomic mass is 10.1. The minimum absolute atomic E-state index is 0. The van der Waals surface area contributed by atoms with Gasteiger partial charge in [0.1, 0.15) is 0 Å². The number of allylic oxidation sites excluding steroid dienone is 2. The second kappa shape index (κ2) is 24.5. The summed E-state index contributed by atoms with van der Waals surface area (Å²) < 4.78 is 0. The highest BCUT2D eigenvalue weighted by Gasteiger charge is 2.10. The SMILES string of the molecule is CCCCCCCC/C=C\CCCCCCCC(=O)NC(CCO)CCO.Cl. The van der Waals surface area contributed by atoms with E-state index in [1.807, 2.05) is 0 Å². The number of carbonyl (C=O) groups is 1. The Hall–Kier alpha value is -0.580. The Morgan fingerprint density at radius 3 is 1.75 bits per heavy atom. The fourth-order valence-corrected chi connectivity index (χ4v) is 3.26. The molecule has 0 aromatic carbocycles. The molecule has 0 heterocycles. The third kappa shape index (κ3) is 21.7. The zero-order valence-electron chi connectivity index (χ0n) is 18.2. The maximum absolute atomic E-state index is 11.9. The van der Waals surface area contributed by atoms with Gasteiger partial charge < -0.3 is 15.5 Å². The molecule has 168 valence electrons. The molecule has 0 saturated carbocycles. The van der Waals surface area contributed by atoms with Crippen LogP contribution in [0.1, 0.15) is 110 Å². The van der Waals surface area contributed by atoms with Gasteiger partial charge in [-0.2, -0.15) is 0 Å². The third-order valence-corrected chi connectivity index (χ3v) is 4.99. The largest absolute Gasteiger partial charge is 0.396 e. The lowest BCUT2D eigenvalue weighted by molar-refractivity contribution is -0.122. The number of aliphatic hydroxyl groups excluding tert-OH is 2. The molecule has 4 nitrogen and oxygen atoms in total. The molecule has 0 aromatic rings. The van der Waals surface area contributed by atoms with E-state index >= 15 is 0 Å². The lowest BCUT2D eigenvalue weighted by Crippen LogP contribution is -2.36. The van der Waals surface area contributed by atoms with E-state index in [-0.39, 0.29) is 37.6 Å². The molecule has 0 aliphatic heterocycles. The Kier molecular flexibility index (Phi) is 25.9. The molecular weight excluding hydrogens is 374 g/mol. The summed E-state index contributed by atoms with van der Waals surface area (Å²) in [4.78, 5) is 11.9.